The van der Waals surface area contributed by atoms with Crippen molar-refractivity contribution in [1.29, 1.82) is 0 Å². The standard InChI is InChI=1S/2C6H6.C5H10O2.C4H10O.C3H8.2C2H6/c2*1-2-4-6-5-3-1;1-4(2)5(6)7-3;1-4(2)5-3;1-3-2;2*1-2/h2*1-6H;4H,1-3H3;4H,1-3H3;3H2,1-2H3;2*1-2H3. The monoisotopic (exact) mass is 436 g/mol. The average Bonchev–Trinajstić information content (AvgIpc) is 2.85. The smallest absolute Gasteiger partial charge is 0.308 e. The average molecular weight is 437 g/mol. The van der Waals surface area contributed by atoms with Crippen LogP contribution in [0.15, 0.2) is 72.8 Å². The molecule has 0 N–H and O–H groups in total. The summed E-state index contributed by atoms with van der Waals surface area (Å²) < 4.78 is 9.12. The van der Waals surface area contributed by atoms with Gasteiger partial charge >= 0.3 is 5.97 Å². The Morgan fingerprint density at radius 3 is 0.806 bits per heavy atom. The van der Waals surface area contributed by atoms with E-state index in [4.69, 9.17) is 4.74 Å². The van der Waals surface area contributed by atoms with Crippen LogP contribution < -0.4 is 0 Å². The van der Waals surface area contributed by atoms with Crippen LogP contribution in [0.25, 0.3) is 0 Å². The molecule has 0 aliphatic rings. The van der Waals surface area contributed by atoms with Crippen LogP contribution >= 0.6 is 0 Å². The molecule has 0 amide bonds. The number of esters is 1. The summed E-state index contributed by atoms with van der Waals surface area (Å²) in [6, 6.07) is 24.0. The molecular weight excluding hydrogens is 384 g/mol. The predicted octanol–water partition coefficient (Wildman–Crippen LogP) is 8.70. The van der Waals surface area contributed by atoms with Crippen molar-refractivity contribution in [2.75, 3.05) is 14.2 Å². The zero-order valence-electron chi connectivity index (χ0n) is 22.5. The third kappa shape index (κ3) is 58.4. The van der Waals surface area contributed by atoms with Gasteiger partial charge in [-0.15, -0.1) is 0 Å². The fourth-order valence-electron chi connectivity index (χ4n) is 1.01. The molecule has 2 aromatic rings. The maximum Gasteiger partial charge on any atom is 0.308 e. The number of rotatable bonds is 2. The summed E-state index contributed by atoms with van der Waals surface area (Å²) in [5, 5.41) is 0. The molecule has 182 valence electrons. The molecule has 0 spiro atoms. The van der Waals surface area contributed by atoms with E-state index in [9.17, 15) is 4.79 Å². The molecular formula is C28H52O3. The molecule has 3 nitrogen and oxygen atoms in total. The summed E-state index contributed by atoms with van der Waals surface area (Å²) in [6.07, 6.45) is 1.63. The summed E-state index contributed by atoms with van der Waals surface area (Å²) in [4.78, 5) is 10.3. The lowest BCUT2D eigenvalue weighted by molar-refractivity contribution is -0.144. The van der Waals surface area contributed by atoms with Crippen LogP contribution in [0.5, 0.6) is 0 Å². The highest BCUT2D eigenvalue weighted by Gasteiger charge is 2.03. The van der Waals surface area contributed by atoms with Gasteiger partial charge in [0.1, 0.15) is 0 Å². The Labute approximate surface area is 195 Å². The Hall–Kier alpha value is -2.13. The third-order valence-electron chi connectivity index (χ3n) is 2.48. The SMILES string of the molecule is CC.CC.CCC.COC(=O)C(C)C.COC(C)C.c1ccccc1.c1ccccc1. The lowest BCUT2D eigenvalue weighted by Gasteiger charge is -1.97. The van der Waals surface area contributed by atoms with Crippen LogP contribution in [0, 0.1) is 5.92 Å². The fourth-order valence-corrected chi connectivity index (χ4v) is 1.01. The third-order valence-corrected chi connectivity index (χ3v) is 2.48. The van der Waals surface area contributed by atoms with Gasteiger partial charge in [-0.05, 0) is 13.8 Å². The van der Waals surface area contributed by atoms with E-state index >= 15 is 0 Å². The van der Waals surface area contributed by atoms with E-state index in [2.05, 4.69) is 18.6 Å². The highest BCUT2D eigenvalue weighted by atomic mass is 16.5. The molecule has 31 heavy (non-hydrogen) atoms. The van der Waals surface area contributed by atoms with E-state index in [1.54, 1.807) is 21.0 Å². The van der Waals surface area contributed by atoms with Crippen molar-refractivity contribution >= 4 is 5.97 Å². The normalized spacial score (nSPS) is 7.68. The van der Waals surface area contributed by atoms with Gasteiger partial charge in [0.05, 0.1) is 19.1 Å². The molecule has 2 aromatic carbocycles. The summed E-state index contributed by atoms with van der Waals surface area (Å²) in [7, 11) is 3.09. The second-order valence-electron chi connectivity index (χ2n) is 5.98. The number of hydrogen-bond acceptors (Lipinski definition) is 3. The van der Waals surface area contributed by atoms with E-state index in [1.165, 1.54) is 13.5 Å². The molecule has 0 heterocycles. The zero-order chi connectivity index (χ0) is 25.3. The Morgan fingerprint density at radius 2 is 0.774 bits per heavy atom. The van der Waals surface area contributed by atoms with Gasteiger partial charge in [0, 0.05) is 7.11 Å². The predicted molar refractivity (Wildman–Crippen MR) is 141 cm³/mol. The second-order valence-corrected chi connectivity index (χ2v) is 5.98. The first kappa shape index (κ1) is 39.4. The molecule has 0 radical (unpaired) electrons. The fraction of sp³-hybridized carbons (Fsp3) is 0.536. The number of benzene rings is 2. The minimum Gasteiger partial charge on any atom is -0.469 e. The summed E-state index contributed by atoms with van der Waals surface area (Å²) >= 11 is 0. The Morgan fingerprint density at radius 1 is 0.613 bits per heavy atom. The zero-order valence-corrected chi connectivity index (χ0v) is 22.5. The molecule has 0 saturated carbocycles. The summed E-state index contributed by atoms with van der Waals surface area (Å²) in [6.45, 7) is 19.8. The first-order chi connectivity index (χ1) is 14.9. The van der Waals surface area contributed by atoms with Crippen LogP contribution in [0.2, 0.25) is 0 Å². The highest BCUT2D eigenvalue weighted by molar-refractivity contribution is 5.71. The molecule has 3 heteroatoms. The molecule has 2 rings (SSSR count). The maximum atomic E-state index is 10.3. The van der Waals surface area contributed by atoms with Crippen molar-refractivity contribution in [3.8, 4) is 0 Å². The molecule has 0 fully saturated rings. The van der Waals surface area contributed by atoms with Gasteiger partial charge < -0.3 is 9.47 Å². The topological polar surface area (TPSA) is 35.5 Å². The molecule has 0 atom stereocenters. The van der Waals surface area contributed by atoms with Crippen LogP contribution in [0.3, 0.4) is 0 Å². The summed E-state index contributed by atoms with van der Waals surface area (Å²) in [5.74, 6) is -0.148. The largest absolute Gasteiger partial charge is 0.469 e. The molecule has 0 bridgehead atoms. The second kappa shape index (κ2) is 42.1. The van der Waals surface area contributed by atoms with E-state index < -0.39 is 0 Å². The molecule has 0 aromatic heterocycles. The summed E-state index contributed by atoms with van der Waals surface area (Å²) in [5.41, 5.74) is 0. The van der Waals surface area contributed by atoms with Gasteiger partial charge in [-0.25, -0.2) is 0 Å². The molecule has 0 unspecified atom stereocenters. The Balaban J connectivity index is -0.0000000888. The van der Waals surface area contributed by atoms with E-state index in [0.717, 1.165) is 0 Å². The number of carbonyl (C=O) groups excluding carboxylic acids is 1. The number of hydrogen-bond donors (Lipinski definition) is 0. The van der Waals surface area contributed by atoms with Crippen molar-refractivity contribution in [3.63, 3.8) is 0 Å². The molecule has 0 saturated heterocycles. The van der Waals surface area contributed by atoms with Gasteiger partial charge in [-0.1, -0.05) is 135 Å². The van der Waals surface area contributed by atoms with Gasteiger partial charge in [-0.2, -0.15) is 0 Å². The van der Waals surface area contributed by atoms with Crippen LogP contribution in [-0.2, 0) is 14.3 Å². The first-order valence-electron chi connectivity index (χ1n) is 11.5. The van der Waals surface area contributed by atoms with E-state index in [-0.39, 0.29) is 11.9 Å². The van der Waals surface area contributed by atoms with E-state index in [1.807, 2.05) is 114 Å². The van der Waals surface area contributed by atoms with Crippen LogP contribution in [-0.4, -0.2) is 26.3 Å². The van der Waals surface area contributed by atoms with Crippen LogP contribution in [0.4, 0.5) is 0 Å². The van der Waals surface area contributed by atoms with Crippen molar-refractivity contribution < 1.29 is 14.3 Å². The van der Waals surface area contributed by atoms with Gasteiger partial charge in [0.15, 0.2) is 0 Å². The lowest BCUT2D eigenvalue weighted by atomic mass is 10.2. The number of ether oxygens (including phenoxy) is 2. The van der Waals surface area contributed by atoms with Gasteiger partial charge in [-0.3, -0.25) is 4.79 Å². The Kier molecular flexibility index (Phi) is 53.4. The lowest BCUT2D eigenvalue weighted by Crippen LogP contribution is -2.07. The van der Waals surface area contributed by atoms with Crippen LogP contribution in [0.1, 0.15) is 75.7 Å². The number of methoxy groups -OCH3 is 2. The highest BCUT2D eigenvalue weighted by Crippen LogP contribution is 1.91. The quantitative estimate of drug-likeness (QED) is 0.442. The molecule has 0 aliphatic heterocycles. The van der Waals surface area contributed by atoms with Crippen molar-refractivity contribution in [2.24, 2.45) is 5.92 Å². The van der Waals surface area contributed by atoms with Crippen molar-refractivity contribution in [1.82, 2.24) is 0 Å². The molecule has 0 aliphatic carbocycles. The van der Waals surface area contributed by atoms with Crippen molar-refractivity contribution in [2.45, 2.75) is 81.8 Å². The van der Waals surface area contributed by atoms with Gasteiger partial charge in [0.25, 0.3) is 0 Å². The van der Waals surface area contributed by atoms with E-state index in [0.29, 0.717) is 6.10 Å². The van der Waals surface area contributed by atoms with Gasteiger partial charge in [0.2, 0.25) is 0 Å². The first-order valence-corrected chi connectivity index (χ1v) is 11.5. The number of carbonyl (C=O) groups is 1. The minimum absolute atomic E-state index is 0.00463. The Bertz CT molecular complexity index is 383. The van der Waals surface area contributed by atoms with Crippen molar-refractivity contribution in [3.05, 3.63) is 72.8 Å². The minimum atomic E-state index is -0.153. The maximum absolute atomic E-state index is 10.3.